The van der Waals surface area contributed by atoms with E-state index in [1.54, 1.807) is 6.07 Å². The lowest BCUT2D eigenvalue weighted by molar-refractivity contribution is 1.21. The molecule has 0 aliphatic rings. The summed E-state index contributed by atoms with van der Waals surface area (Å²) < 4.78 is 0. The van der Waals surface area contributed by atoms with Crippen LogP contribution < -0.4 is 5.32 Å². The van der Waals surface area contributed by atoms with Gasteiger partial charge in [-0.2, -0.15) is 0 Å². The quantitative estimate of drug-likeness (QED) is 0.830. The van der Waals surface area contributed by atoms with E-state index in [1.165, 1.54) is 5.54 Å². The Bertz CT molecular complexity index is 347. The lowest BCUT2D eigenvalue weighted by Gasteiger charge is -2.08. The summed E-state index contributed by atoms with van der Waals surface area (Å²) in [4.78, 5) is 0. The minimum absolute atomic E-state index is 0.538. The Morgan fingerprint density at radius 1 is 1.43 bits per heavy atom. The van der Waals surface area contributed by atoms with Gasteiger partial charge in [0.05, 0.1) is 15.7 Å². The van der Waals surface area contributed by atoms with E-state index >= 15 is 0 Å². The van der Waals surface area contributed by atoms with Gasteiger partial charge < -0.3 is 5.32 Å². The van der Waals surface area contributed by atoms with Crippen LogP contribution in [-0.2, 0) is 0 Å². The molecule has 0 atom stereocenters. The molecule has 0 radical (unpaired) electrons. The van der Waals surface area contributed by atoms with Crippen molar-refractivity contribution in [3.05, 3.63) is 39.4 Å². The minimum Gasteiger partial charge on any atom is -0.380 e. The third kappa shape index (κ3) is 3.09. The molecule has 0 heterocycles. The van der Waals surface area contributed by atoms with Gasteiger partial charge in [0, 0.05) is 12.1 Å². The van der Waals surface area contributed by atoms with Crippen LogP contribution in [0.3, 0.4) is 0 Å². The summed E-state index contributed by atoms with van der Waals surface area (Å²) in [5.41, 5.74) is 3.38. The van der Waals surface area contributed by atoms with Gasteiger partial charge in [-0.25, -0.2) is 0 Å². The molecule has 14 heavy (non-hydrogen) atoms. The highest BCUT2D eigenvalue weighted by Gasteiger charge is 2.02. The van der Waals surface area contributed by atoms with Gasteiger partial charge in [-0.15, -0.1) is 0 Å². The molecule has 0 aromatic heterocycles. The predicted octanol–water partition coefficient (Wildman–Crippen LogP) is 4.55. The molecule has 1 aromatic rings. The van der Waals surface area contributed by atoms with Gasteiger partial charge in [-0.05, 0) is 24.6 Å². The maximum atomic E-state index is 5.97. The van der Waals surface area contributed by atoms with Crippen LogP contribution in [0, 0.1) is 0 Å². The van der Waals surface area contributed by atoms with Crippen LogP contribution in [0.25, 0.3) is 0 Å². The van der Waals surface area contributed by atoms with Gasteiger partial charge in [0.25, 0.3) is 0 Å². The van der Waals surface area contributed by atoms with E-state index in [4.69, 9.17) is 34.8 Å². The number of hydrogen-bond acceptors (Lipinski definition) is 1. The van der Waals surface area contributed by atoms with Crippen LogP contribution in [0.4, 0.5) is 5.69 Å². The van der Waals surface area contributed by atoms with Gasteiger partial charge in [0.2, 0.25) is 0 Å². The molecule has 0 bridgehead atoms. The summed E-state index contributed by atoms with van der Waals surface area (Å²) in [7, 11) is 0. The molecule has 0 saturated heterocycles. The topological polar surface area (TPSA) is 12.0 Å². The summed E-state index contributed by atoms with van der Waals surface area (Å²) in [6.07, 6.45) is 0. The van der Waals surface area contributed by atoms with Crippen molar-refractivity contribution in [2.24, 2.45) is 0 Å². The normalized spacial score (nSPS) is 11.6. The maximum Gasteiger partial charge on any atom is 0.0823 e. The number of halogens is 3. The number of anilines is 1. The molecule has 0 aliphatic carbocycles. The molecule has 0 fully saturated rings. The first-order valence-corrected chi connectivity index (χ1v) is 5.28. The molecule has 1 nitrogen and oxygen atoms in total. The highest BCUT2D eigenvalue weighted by atomic mass is 35.5. The Hall–Kier alpha value is -0.370. The first-order valence-electron chi connectivity index (χ1n) is 4.09. The first-order chi connectivity index (χ1) is 6.65. The van der Waals surface area contributed by atoms with Crippen molar-refractivity contribution >= 4 is 40.5 Å². The fraction of sp³-hybridized carbons (Fsp3) is 0.200. The molecule has 1 N–H and O–H groups in total. The second-order valence-electron chi connectivity index (χ2n) is 2.91. The molecule has 1 rings (SSSR count). The lowest BCUT2D eigenvalue weighted by atomic mass is 10.3. The zero-order chi connectivity index (χ0) is 10.6. The second-order valence-corrected chi connectivity index (χ2v) is 3.91. The minimum atomic E-state index is 0.538. The van der Waals surface area contributed by atoms with Gasteiger partial charge >= 0.3 is 0 Å². The summed E-state index contributed by atoms with van der Waals surface area (Å²) in [5.74, 6) is 0. The molecule has 4 heteroatoms. The van der Waals surface area contributed by atoms with E-state index in [-0.39, 0.29) is 0 Å². The standard InChI is InChI=1S/C10H10Cl3N/c1-7(5-11)6-14-9-4-2-3-8(12)10(9)13/h2-5,14H,6H2,1H3/b7-5-. The van der Waals surface area contributed by atoms with Gasteiger partial charge in [-0.3, -0.25) is 0 Å². The number of hydrogen-bond donors (Lipinski definition) is 1. The van der Waals surface area contributed by atoms with Gasteiger partial charge in [-0.1, -0.05) is 40.9 Å². The molecule has 0 amide bonds. The Morgan fingerprint density at radius 3 is 2.79 bits per heavy atom. The average molecular weight is 251 g/mol. The van der Waals surface area contributed by atoms with Gasteiger partial charge in [0.15, 0.2) is 0 Å². The fourth-order valence-electron chi connectivity index (χ4n) is 0.914. The number of nitrogens with one attached hydrogen (secondary N) is 1. The summed E-state index contributed by atoms with van der Waals surface area (Å²) in [5, 5.41) is 4.22. The van der Waals surface area contributed by atoms with E-state index in [0.717, 1.165) is 11.3 Å². The van der Waals surface area contributed by atoms with Crippen LogP contribution in [-0.4, -0.2) is 6.54 Å². The smallest absolute Gasteiger partial charge is 0.0823 e. The maximum absolute atomic E-state index is 5.97. The molecule has 1 aromatic carbocycles. The third-order valence-electron chi connectivity index (χ3n) is 1.70. The SMILES string of the molecule is C/C(=C/Cl)CNc1cccc(Cl)c1Cl. The highest BCUT2D eigenvalue weighted by molar-refractivity contribution is 6.43. The van der Waals surface area contributed by atoms with Crippen molar-refractivity contribution in [2.45, 2.75) is 6.92 Å². The van der Waals surface area contributed by atoms with E-state index < -0.39 is 0 Å². The Balaban J connectivity index is 2.73. The van der Waals surface area contributed by atoms with Crippen LogP contribution in [0.1, 0.15) is 6.92 Å². The van der Waals surface area contributed by atoms with E-state index in [2.05, 4.69) is 5.32 Å². The van der Waals surface area contributed by atoms with Crippen LogP contribution in [0.5, 0.6) is 0 Å². The van der Waals surface area contributed by atoms with E-state index in [0.29, 0.717) is 16.6 Å². The Labute approximate surface area is 98.7 Å². The van der Waals surface area contributed by atoms with Crippen LogP contribution in [0.2, 0.25) is 10.0 Å². The number of benzene rings is 1. The largest absolute Gasteiger partial charge is 0.380 e. The lowest BCUT2D eigenvalue weighted by Crippen LogP contribution is -2.02. The molecule has 0 spiro atoms. The van der Waals surface area contributed by atoms with Crippen molar-refractivity contribution < 1.29 is 0 Å². The van der Waals surface area contributed by atoms with Crippen molar-refractivity contribution in [1.82, 2.24) is 0 Å². The first kappa shape index (κ1) is 11.7. The Kier molecular flexibility index (Phi) is 4.59. The third-order valence-corrected chi connectivity index (χ3v) is 2.89. The van der Waals surface area contributed by atoms with E-state index in [9.17, 15) is 0 Å². The Morgan fingerprint density at radius 2 is 2.14 bits per heavy atom. The molecular formula is C10H10Cl3N. The second kappa shape index (κ2) is 5.50. The average Bonchev–Trinajstić information content (AvgIpc) is 2.20. The predicted molar refractivity (Wildman–Crippen MR) is 64.6 cm³/mol. The summed E-state index contributed by atoms with van der Waals surface area (Å²) >= 11 is 17.4. The molecule has 0 aliphatic heterocycles. The van der Waals surface area contributed by atoms with Crippen molar-refractivity contribution in [3.8, 4) is 0 Å². The monoisotopic (exact) mass is 249 g/mol. The molecule has 0 saturated carbocycles. The van der Waals surface area contributed by atoms with Crippen molar-refractivity contribution in [1.29, 1.82) is 0 Å². The van der Waals surface area contributed by atoms with Crippen LogP contribution >= 0.6 is 34.8 Å². The van der Waals surface area contributed by atoms with Crippen LogP contribution in [0.15, 0.2) is 29.3 Å². The van der Waals surface area contributed by atoms with Gasteiger partial charge in [0.1, 0.15) is 0 Å². The fourth-order valence-corrected chi connectivity index (χ4v) is 1.36. The highest BCUT2D eigenvalue weighted by Crippen LogP contribution is 2.29. The number of rotatable bonds is 3. The summed E-state index contributed by atoms with van der Waals surface area (Å²) in [6.45, 7) is 2.59. The molecule has 76 valence electrons. The zero-order valence-electron chi connectivity index (χ0n) is 7.65. The zero-order valence-corrected chi connectivity index (χ0v) is 9.92. The molecule has 0 unspecified atom stereocenters. The van der Waals surface area contributed by atoms with E-state index in [1.807, 2.05) is 19.1 Å². The summed E-state index contributed by atoms with van der Waals surface area (Å²) in [6, 6.07) is 5.46. The molecular weight excluding hydrogens is 240 g/mol. The van der Waals surface area contributed by atoms with Crippen molar-refractivity contribution in [3.63, 3.8) is 0 Å². The van der Waals surface area contributed by atoms with Crippen molar-refractivity contribution in [2.75, 3.05) is 11.9 Å².